The zero-order valence-electron chi connectivity index (χ0n) is 8.60. The second-order valence-electron chi connectivity index (χ2n) is 3.12. The molecule has 1 aromatic rings. The van der Waals surface area contributed by atoms with E-state index in [9.17, 15) is 28.1 Å². The maximum absolute atomic E-state index is 13.0. The Hall–Kier alpha value is -2.32. The summed E-state index contributed by atoms with van der Waals surface area (Å²) in [6, 6.07) is 0.974. The third kappa shape index (κ3) is 3.34. The van der Waals surface area contributed by atoms with Gasteiger partial charge in [-0.3, -0.25) is 14.9 Å². The number of hydrogen-bond acceptors (Lipinski definition) is 4. The molecule has 0 saturated carbocycles. The van der Waals surface area contributed by atoms with Crippen molar-refractivity contribution in [1.29, 1.82) is 0 Å². The molecule has 0 fully saturated rings. The number of aliphatic carboxylic acids is 1. The van der Waals surface area contributed by atoms with Crippen molar-refractivity contribution in [3.63, 3.8) is 0 Å². The summed E-state index contributed by atoms with van der Waals surface area (Å²) in [5.74, 6) is -3.52. The predicted octanol–water partition coefficient (Wildman–Crippen LogP) is 1.96. The van der Waals surface area contributed by atoms with Crippen LogP contribution < -0.4 is 4.74 Å². The molecule has 0 aliphatic carbocycles. The Bertz CT molecular complexity index is 491. The number of rotatable bonds is 5. The van der Waals surface area contributed by atoms with Crippen LogP contribution in [0.5, 0.6) is 5.75 Å². The minimum absolute atomic E-state index is 0.378. The molecule has 1 aromatic carbocycles. The number of carboxylic acid groups (broad SMARTS) is 1. The van der Waals surface area contributed by atoms with E-state index < -0.39 is 46.7 Å². The quantitative estimate of drug-likeness (QED) is 0.649. The van der Waals surface area contributed by atoms with E-state index in [1.807, 2.05) is 0 Å². The lowest BCUT2D eigenvalue weighted by molar-refractivity contribution is -0.386. The molecule has 0 aliphatic heterocycles. The average molecular weight is 265 g/mol. The van der Waals surface area contributed by atoms with Gasteiger partial charge in [0.1, 0.15) is 5.82 Å². The van der Waals surface area contributed by atoms with E-state index in [1.54, 1.807) is 0 Å². The zero-order valence-corrected chi connectivity index (χ0v) is 8.60. The standard InChI is InChI=1S/C9H6F3NO5/c10-5-1-4(2-7(14)15)8(18-9(11)12)6(3-5)13(16)17/h1,3,9H,2H2,(H,14,15). The summed E-state index contributed by atoms with van der Waals surface area (Å²) >= 11 is 0. The Morgan fingerprint density at radius 2 is 2.11 bits per heavy atom. The lowest BCUT2D eigenvalue weighted by atomic mass is 10.1. The molecule has 0 aromatic heterocycles. The Balaban J connectivity index is 3.36. The minimum Gasteiger partial charge on any atom is -0.481 e. The maximum atomic E-state index is 13.0. The lowest BCUT2D eigenvalue weighted by Crippen LogP contribution is -2.10. The van der Waals surface area contributed by atoms with Crippen LogP contribution in [-0.2, 0) is 11.2 Å². The van der Waals surface area contributed by atoms with Gasteiger partial charge in [-0.25, -0.2) is 4.39 Å². The van der Waals surface area contributed by atoms with Crippen LogP contribution in [-0.4, -0.2) is 22.6 Å². The predicted molar refractivity (Wildman–Crippen MR) is 51.0 cm³/mol. The molecule has 0 spiro atoms. The monoisotopic (exact) mass is 265 g/mol. The van der Waals surface area contributed by atoms with Crippen molar-refractivity contribution in [2.45, 2.75) is 13.0 Å². The second kappa shape index (κ2) is 5.34. The number of carboxylic acids is 1. The van der Waals surface area contributed by atoms with Gasteiger partial charge < -0.3 is 9.84 Å². The Labute approximate surface area is 97.7 Å². The van der Waals surface area contributed by atoms with E-state index in [-0.39, 0.29) is 0 Å². The van der Waals surface area contributed by atoms with Crippen molar-refractivity contribution < 1.29 is 32.7 Å². The summed E-state index contributed by atoms with van der Waals surface area (Å²) in [4.78, 5) is 19.9. The van der Waals surface area contributed by atoms with Gasteiger partial charge in [-0.15, -0.1) is 0 Å². The number of nitro benzene ring substituents is 1. The smallest absolute Gasteiger partial charge is 0.387 e. The molecule has 98 valence electrons. The second-order valence-corrected chi connectivity index (χ2v) is 3.12. The van der Waals surface area contributed by atoms with Crippen LogP contribution in [0.2, 0.25) is 0 Å². The Kier molecular flexibility index (Phi) is 4.08. The average Bonchev–Trinajstić information content (AvgIpc) is 2.19. The lowest BCUT2D eigenvalue weighted by Gasteiger charge is -2.09. The highest BCUT2D eigenvalue weighted by molar-refractivity contribution is 5.72. The fraction of sp³-hybridized carbons (Fsp3) is 0.222. The number of ether oxygens (including phenoxy) is 1. The Morgan fingerprint density at radius 1 is 1.50 bits per heavy atom. The van der Waals surface area contributed by atoms with Crippen LogP contribution in [0.1, 0.15) is 5.56 Å². The first-order chi connectivity index (χ1) is 8.31. The van der Waals surface area contributed by atoms with E-state index in [2.05, 4.69) is 4.74 Å². The number of halogens is 3. The molecule has 0 atom stereocenters. The van der Waals surface area contributed by atoms with Crippen molar-refractivity contribution in [3.05, 3.63) is 33.6 Å². The summed E-state index contributed by atoms with van der Waals surface area (Å²) in [6.45, 7) is -3.39. The molecular weight excluding hydrogens is 259 g/mol. The molecule has 18 heavy (non-hydrogen) atoms. The zero-order chi connectivity index (χ0) is 13.9. The van der Waals surface area contributed by atoms with Crippen LogP contribution in [0, 0.1) is 15.9 Å². The molecule has 0 saturated heterocycles. The molecule has 0 aliphatic rings. The fourth-order valence-corrected chi connectivity index (χ4v) is 1.29. The molecule has 6 nitrogen and oxygen atoms in total. The van der Waals surface area contributed by atoms with Crippen molar-refractivity contribution in [1.82, 2.24) is 0 Å². The number of hydrogen-bond donors (Lipinski definition) is 1. The van der Waals surface area contributed by atoms with Crippen LogP contribution in [0.3, 0.4) is 0 Å². The molecule has 0 radical (unpaired) electrons. The topological polar surface area (TPSA) is 89.7 Å². The molecule has 0 heterocycles. The first kappa shape index (κ1) is 13.7. The van der Waals surface area contributed by atoms with Gasteiger partial charge in [-0.05, 0) is 6.07 Å². The van der Waals surface area contributed by atoms with Crippen LogP contribution in [0.4, 0.5) is 18.9 Å². The molecule has 1 rings (SSSR count). The van der Waals surface area contributed by atoms with Crippen molar-refractivity contribution >= 4 is 11.7 Å². The molecule has 9 heteroatoms. The highest BCUT2D eigenvalue weighted by Gasteiger charge is 2.25. The number of benzene rings is 1. The van der Waals surface area contributed by atoms with Gasteiger partial charge in [-0.1, -0.05) is 0 Å². The van der Waals surface area contributed by atoms with Crippen molar-refractivity contribution in [2.75, 3.05) is 0 Å². The van der Waals surface area contributed by atoms with Crippen molar-refractivity contribution in [2.24, 2.45) is 0 Å². The van der Waals surface area contributed by atoms with E-state index in [1.165, 1.54) is 0 Å². The highest BCUT2D eigenvalue weighted by Crippen LogP contribution is 2.33. The van der Waals surface area contributed by atoms with E-state index >= 15 is 0 Å². The van der Waals surface area contributed by atoms with Crippen LogP contribution in [0.25, 0.3) is 0 Å². The number of alkyl halides is 2. The van der Waals surface area contributed by atoms with Gasteiger partial charge in [0, 0.05) is 5.56 Å². The van der Waals surface area contributed by atoms with E-state index in [4.69, 9.17) is 5.11 Å². The SMILES string of the molecule is O=C(O)Cc1cc(F)cc([N+](=O)[O-])c1OC(F)F. The maximum Gasteiger partial charge on any atom is 0.387 e. The van der Waals surface area contributed by atoms with E-state index in [0.717, 1.165) is 0 Å². The van der Waals surface area contributed by atoms with Crippen LogP contribution in [0.15, 0.2) is 12.1 Å². The highest BCUT2D eigenvalue weighted by atomic mass is 19.3. The first-order valence-electron chi connectivity index (χ1n) is 4.44. The summed E-state index contributed by atoms with van der Waals surface area (Å²) in [6.07, 6.45) is -0.874. The summed E-state index contributed by atoms with van der Waals surface area (Å²) in [5.41, 5.74) is -1.58. The van der Waals surface area contributed by atoms with Gasteiger partial charge >= 0.3 is 18.3 Å². The van der Waals surface area contributed by atoms with Gasteiger partial charge in [0.05, 0.1) is 17.4 Å². The molecule has 0 bridgehead atoms. The first-order valence-corrected chi connectivity index (χ1v) is 4.44. The van der Waals surface area contributed by atoms with Gasteiger partial charge in [0.15, 0.2) is 0 Å². The van der Waals surface area contributed by atoms with Crippen molar-refractivity contribution in [3.8, 4) is 5.75 Å². The van der Waals surface area contributed by atoms with Gasteiger partial charge in [-0.2, -0.15) is 8.78 Å². The number of nitro groups is 1. The number of carbonyl (C=O) groups is 1. The summed E-state index contributed by atoms with van der Waals surface area (Å²) in [5, 5.41) is 19.1. The third-order valence-corrected chi connectivity index (χ3v) is 1.86. The molecular formula is C9H6F3NO5. The summed E-state index contributed by atoms with van der Waals surface area (Å²) in [7, 11) is 0. The van der Waals surface area contributed by atoms with E-state index in [0.29, 0.717) is 12.1 Å². The molecule has 0 amide bonds. The van der Waals surface area contributed by atoms with Gasteiger partial charge in [0.2, 0.25) is 5.75 Å². The summed E-state index contributed by atoms with van der Waals surface area (Å²) < 4.78 is 41.1. The molecule has 0 unspecified atom stereocenters. The number of nitrogens with zero attached hydrogens (tertiary/aromatic N) is 1. The largest absolute Gasteiger partial charge is 0.481 e. The van der Waals surface area contributed by atoms with Gasteiger partial charge in [0.25, 0.3) is 0 Å². The normalized spacial score (nSPS) is 10.4. The van der Waals surface area contributed by atoms with Crippen LogP contribution >= 0.6 is 0 Å². The molecule has 1 N–H and O–H groups in total. The third-order valence-electron chi connectivity index (χ3n) is 1.86. The minimum atomic E-state index is -3.39. The Morgan fingerprint density at radius 3 is 2.56 bits per heavy atom. The fourth-order valence-electron chi connectivity index (χ4n) is 1.29.